The molecule has 2 heterocycles. The average molecular weight is 285 g/mol. The van der Waals surface area contributed by atoms with Crippen LogP contribution in [0.2, 0.25) is 0 Å². The molecule has 2 rings (SSSR count). The van der Waals surface area contributed by atoms with Crippen LogP contribution in [0.3, 0.4) is 0 Å². The first-order valence-electron chi connectivity index (χ1n) is 7.14. The summed E-state index contributed by atoms with van der Waals surface area (Å²) >= 11 is 0. The molecule has 2 aliphatic rings. The summed E-state index contributed by atoms with van der Waals surface area (Å²) < 4.78 is 10.7. The normalized spacial score (nSPS) is 28.2. The number of carbonyl (C=O) groups is 2. The molecular weight excluding hydrogens is 262 g/mol. The van der Waals surface area contributed by atoms with E-state index >= 15 is 0 Å². The second-order valence-corrected chi connectivity index (χ2v) is 6.08. The molecule has 114 valence electrons. The fourth-order valence-corrected chi connectivity index (χ4v) is 2.77. The Bertz CT molecular complexity index is 376. The number of likely N-dealkylation sites (tertiary alicyclic amines) is 1. The van der Waals surface area contributed by atoms with Crippen LogP contribution in [0.5, 0.6) is 0 Å². The molecule has 20 heavy (non-hydrogen) atoms. The van der Waals surface area contributed by atoms with E-state index in [-0.39, 0.29) is 11.8 Å². The van der Waals surface area contributed by atoms with Crippen molar-refractivity contribution in [3.05, 3.63) is 0 Å². The second kappa shape index (κ2) is 6.10. The van der Waals surface area contributed by atoms with Crippen molar-refractivity contribution in [3.8, 4) is 0 Å². The summed E-state index contributed by atoms with van der Waals surface area (Å²) in [5, 5.41) is 9.32. The van der Waals surface area contributed by atoms with Crippen LogP contribution < -0.4 is 0 Å². The van der Waals surface area contributed by atoms with Crippen LogP contribution in [0.15, 0.2) is 0 Å². The van der Waals surface area contributed by atoms with Crippen LogP contribution in [0.4, 0.5) is 0 Å². The minimum atomic E-state index is -0.817. The van der Waals surface area contributed by atoms with Crippen molar-refractivity contribution in [2.45, 2.75) is 32.8 Å². The van der Waals surface area contributed by atoms with Gasteiger partial charge in [-0.2, -0.15) is 0 Å². The molecule has 0 aliphatic carbocycles. The van der Waals surface area contributed by atoms with E-state index in [0.29, 0.717) is 32.9 Å². The monoisotopic (exact) mass is 285 g/mol. The van der Waals surface area contributed by atoms with Gasteiger partial charge in [0, 0.05) is 13.1 Å². The molecule has 2 unspecified atom stereocenters. The minimum absolute atomic E-state index is 0.0257. The molecule has 2 fully saturated rings. The summed E-state index contributed by atoms with van der Waals surface area (Å²) in [6.07, 6.45) is 1.14. The highest BCUT2D eigenvalue weighted by Crippen LogP contribution is 2.34. The molecule has 0 radical (unpaired) electrons. The Morgan fingerprint density at radius 1 is 1.30 bits per heavy atom. The maximum absolute atomic E-state index is 12.4. The van der Waals surface area contributed by atoms with Gasteiger partial charge in [-0.1, -0.05) is 0 Å². The highest BCUT2D eigenvalue weighted by atomic mass is 16.6. The number of nitrogens with zero attached hydrogens (tertiary/aromatic N) is 1. The Kier molecular flexibility index (Phi) is 4.65. The van der Waals surface area contributed by atoms with Gasteiger partial charge in [-0.3, -0.25) is 9.59 Å². The van der Waals surface area contributed by atoms with E-state index in [0.717, 1.165) is 12.8 Å². The van der Waals surface area contributed by atoms with Crippen molar-refractivity contribution >= 4 is 11.9 Å². The van der Waals surface area contributed by atoms with E-state index in [2.05, 4.69) is 0 Å². The maximum Gasteiger partial charge on any atom is 0.309 e. The third-order valence-corrected chi connectivity index (χ3v) is 4.40. The lowest BCUT2D eigenvalue weighted by atomic mass is 9.74. The topological polar surface area (TPSA) is 76.1 Å². The number of aliphatic carboxylic acids is 1. The van der Waals surface area contributed by atoms with Crippen molar-refractivity contribution in [3.63, 3.8) is 0 Å². The zero-order valence-electron chi connectivity index (χ0n) is 12.1. The van der Waals surface area contributed by atoms with E-state index in [1.54, 1.807) is 18.7 Å². The van der Waals surface area contributed by atoms with Crippen molar-refractivity contribution in [2.75, 3.05) is 32.9 Å². The van der Waals surface area contributed by atoms with Crippen molar-refractivity contribution in [1.82, 2.24) is 4.90 Å². The first kappa shape index (κ1) is 15.3. The van der Waals surface area contributed by atoms with Crippen LogP contribution in [0, 0.1) is 11.3 Å². The molecule has 0 aromatic heterocycles. The lowest BCUT2D eigenvalue weighted by Gasteiger charge is -2.40. The first-order chi connectivity index (χ1) is 9.43. The Hall–Kier alpha value is -1.14. The largest absolute Gasteiger partial charge is 0.481 e. The fraction of sp³-hybridized carbons (Fsp3) is 0.857. The Labute approximate surface area is 119 Å². The molecule has 2 atom stereocenters. The second-order valence-electron chi connectivity index (χ2n) is 6.08. The van der Waals surface area contributed by atoms with Gasteiger partial charge in [0.1, 0.15) is 0 Å². The number of piperidine rings is 1. The van der Waals surface area contributed by atoms with Gasteiger partial charge < -0.3 is 19.5 Å². The molecule has 0 spiro atoms. The minimum Gasteiger partial charge on any atom is -0.481 e. The lowest BCUT2D eigenvalue weighted by Crippen LogP contribution is -2.51. The smallest absolute Gasteiger partial charge is 0.309 e. The number of hydrogen-bond donors (Lipinski definition) is 1. The average Bonchev–Trinajstić information content (AvgIpc) is 2.47. The molecule has 6 heteroatoms. The highest BCUT2D eigenvalue weighted by Gasteiger charge is 2.41. The molecule has 6 nitrogen and oxygen atoms in total. The first-order valence-corrected chi connectivity index (χ1v) is 7.14. The van der Waals surface area contributed by atoms with E-state index < -0.39 is 17.5 Å². The van der Waals surface area contributed by atoms with Gasteiger partial charge in [0.25, 0.3) is 5.91 Å². The van der Waals surface area contributed by atoms with E-state index in [1.807, 2.05) is 0 Å². The summed E-state index contributed by atoms with van der Waals surface area (Å²) in [5.41, 5.74) is -0.817. The molecule has 2 saturated heterocycles. The van der Waals surface area contributed by atoms with Gasteiger partial charge in [-0.25, -0.2) is 0 Å². The number of hydrogen-bond acceptors (Lipinski definition) is 4. The standard InChI is InChI=1S/C14H23NO5/c1-14(2,13(17)18)10-4-3-5-15(8-10)12(16)11-9-19-6-7-20-11/h10-11H,3-9H2,1-2H3,(H,17,18). The number of carboxylic acid groups (broad SMARTS) is 1. The molecule has 1 amide bonds. The van der Waals surface area contributed by atoms with Gasteiger partial charge >= 0.3 is 5.97 Å². The SMILES string of the molecule is CC(C)(C(=O)O)C1CCCN(C(=O)C2COCCO2)C1. The van der Waals surface area contributed by atoms with Gasteiger partial charge in [0.05, 0.1) is 25.2 Å². The summed E-state index contributed by atoms with van der Waals surface area (Å²) in [6.45, 7) is 5.88. The summed E-state index contributed by atoms with van der Waals surface area (Å²) in [5.74, 6) is -0.910. The number of carbonyl (C=O) groups excluding carboxylic acids is 1. The van der Waals surface area contributed by atoms with Gasteiger partial charge in [-0.05, 0) is 32.6 Å². The lowest BCUT2D eigenvalue weighted by molar-refractivity contribution is -0.163. The van der Waals surface area contributed by atoms with Gasteiger partial charge in [0.2, 0.25) is 0 Å². The van der Waals surface area contributed by atoms with Gasteiger partial charge in [0.15, 0.2) is 6.10 Å². The number of carboxylic acids is 1. The predicted molar refractivity (Wildman–Crippen MR) is 71.3 cm³/mol. The van der Waals surface area contributed by atoms with Crippen molar-refractivity contribution in [1.29, 1.82) is 0 Å². The number of amides is 1. The number of rotatable bonds is 3. The summed E-state index contributed by atoms with van der Waals surface area (Å²) in [6, 6.07) is 0. The molecule has 0 bridgehead atoms. The summed E-state index contributed by atoms with van der Waals surface area (Å²) in [4.78, 5) is 25.5. The van der Waals surface area contributed by atoms with Crippen LogP contribution in [0.1, 0.15) is 26.7 Å². The quantitative estimate of drug-likeness (QED) is 0.828. The van der Waals surface area contributed by atoms with E-state index in [9.17, 15) is 14.7 Å². The van der Waals surface area contributed by atoms with E-state index in [1.165, 1.54) is 0 Å². The Morgan fingerprint density at radius 3 is 2.65 bits per heavy atom. The highest BCUT2D eigenvalue weighted by molar-refractivity contribution is 5.81. The van der Waals surface area contributed by atoms with Crippen LogP contribution in [-0.4, -0.2) is 60.9 Å². The summed E-state index contributed by atoms with van der Waals surface area (Å²) in [7, 11) is 0. The van der Waals surface area contributed by atoms with Crippen LogP contribution in [-0.2, 0) is 19.1 Å². The third-order valence-electron chi connectivity index (χ3n) is 4.40. The third kappa shape index (κ3) is 3.12. The zero-order chi connectivity index (χ0) is 14.8. The zero-order valence-corrected chi connectivity index (χ0v) is 12.1. The molecule has 1 N–H and O–H groups in total. The molecule has 2 aliphatic heterocycles. The molecular formula is C14H23NO5. The fourth-order valence-electron chi connectivity index (χ4n) is 2.77. The molecule has 0 aromatic carbocycles. The van der Waals surface area contributed by atoms with Crippen LogP contribution in [0.25, 0.3) is 0 Å². The number of ether oxygens (including phenoxy) is 2. The van der Waals surface area contributed by atoms with Crippen LogP contribution >= 0.6 is 0 Å². The van der Waals surface area contributed by atoms with Crippen molar-refractivity contribution in [2.24, 2.45) is 11.3 Å². The Morgan fingerprint density at radius 2 is 2.05 bits per heavy atom. The van der Waals surface area contributed by atoms with Crippen molar-refractivity contribution < 1.29 is 24.2 Å². The van der Waals surface area contributed by atoms with Gasteiger partial charge in [-0.15, -0.1) is 0 Å². The Balaban J connectivity index is 1.99. The molecule has 0 aromatic rings. The predicted octanol–water partition coefficient (Wildman–Crippen LogP) is 0.751. The van der Waals surface area contributed by atoms with E-state index in [4.69, 9.17) is 9.47 Å². The molecule has 0 saturated carbocycles. The maximum atomic E-state index is 12.4.